The predicted molar refractivity (Wildman–Crippen MR) is 62.3 cm³/mol. The molecule has 2 heteroatoms. The average molecular weight is 207 g/mol. The van der Waals surface area contributed by atoms with E-state index in [1.165, 1.54) is 32.1 Å². The first-order chi connectivity index (χ1) is 7.34. The summed E-state index contributed by atoms with van der Waals surface area (Å²) in [5.41, 5.74) is 0. The first-order valence-electron chi connectivity index (χ1n) is 6.06. The van der Waals surface area contributed by atoms with Gasteiger partial charge in [0.2, 0.25) is 5.91 Å². The average Bonchev–Trinajstić information content (AvgIpc) is 2.17. The lowest BCUT2D eigenvalue weighted by Gasteiger charge is -2.18. The van der Waals surface area contributed by atoms with Gasteiger partial charge in [-0.05, 0) is 12.8 Å². The second kappa shape index (κ2) is 7.34. The van der Waals surface area contributed by atoms with E-state index in [9.17, 15) is 4.79 Å². The Morgan fingerprint density at radius 3 is 2.40 bits per heavy atom. The quantitative estimate of drug-likeness (QED) is 0.559. The van der Waals surface area contributed by atoms with Crippen molar-refractivity contribution in [1.82, 2.24) is 5.32 Å². The molecule has 0 aromatic carbocycles. The molecular weight excluding hydrogens is 186 g/mol. The summed E-state index contributed by atoms with van der Waals surface area (Å²) >= 11 is 0. The number of carbonyl (C=O) groups excluding carboxylic acids is 1. The molecule has 0 aliphatic heterocycles. The third-order valence-corrected chi connectivity index (χ3v) is 3.04. The Balaban J connectivity index is 2.26. The van der Waals surface area contributed by atoms with E-state index in [0.29, 0.717) is 13.0 Å². The van der Waals surface area contributed by atoms with E-state index in [-0.39, 0.29) is 11.8 Å². The van der Waals surface area contributed by atoms with Crippen LogP contribution in [0.5, 0.6) is 0 Å². The summed E-state index contributed by atoms with van der Waals surface area (Å²) in [6.45, 7) is 0.631. The van der Waals surface area contributed by atoms with Crippen molar-refractivity contribution in [2.24, 2.45) is 5.92 Å². The molecule has 2 nitrogen and oxygen atoms in total. The largest absolute Gasteiger partial charge is 0.355 e. The van der Waals surface area contributed by atoms with E-state index in [0.717, 1.165) is 12.8 Å². The summed E-state index contributed by atoms with van der Waals surface area (Å²) in [5, 5.41) is 2.92. The van der Waals surface area contributed by atoms with Gasteiger partial charge in [0.05, 0.1) is 0 Å². The zero-order valence-corrected chi connectivity index (χ0v) is 9.43. The summed E-state index contributed by atoms with van der Waals surface area (Å²) in [6, 6.07) is 0. The SMILES string of the molecule is C#CCCNC(=O)C1CCCCCCC1. The Morgan fingerprint density at radius 1 is 1.20 bits per heavy atom. The van der Waals surface area contributed by atoms with E-state index in [2.05, 4.69) is 11.2 Å². The van der Waals surface area contributed by atoms with Crippen LogP contribution in [0.2, 0.25) is 0 Å². The third-order valence-electron chi connectivity index (χ3n) is 3.04. The van der Waals surface area contributed by atoms with E-state index < -0.39 is 0 Å². The van der Waals surface area contributed by atoms with Crippen molar-refractivity contribution in [2.75, 3.05) is 6.54 Å². The van der Waals surface area contributed by atoms with Crippen LogP contribution >= 0.6 is 0 Å². The number of rotatable bonds is 3. The Bertz CT molecular complexity index is 221. The number of hydrogen-bond donors (Lipinski definition) is 1. The first kappa shape index (κ1) is 12.1. The van der Waals surface area contributed by atoms with Gasteiger partial charge in [-0.25, -0.2) is 0 Å². The Morgan fingerprint density at radius 2 is 1.80 bits per heavy atom. The Kier molecular flexibility index (Phi) is 5.92. The van der Waals surface area contributed by atoms with Crippen LogP contribution in [0.1, 0.15) is 51.4 Å². The first-order valence-corrected chi connectivity index (χ1v) is 6.06. The smallest absolute Gasteiger partial charge is 0.223 e. The zero-order valence-electron chi connectivity index (χ0n) is 9.43. The molecule has 0 saturated heterocycles. The zero-order chi connectivity index (χ0) is 10.9. The van der Waals surface area contributed by atoms with Crippen LogP contribution in [-0.2, 0) is 4.79 Å². The molecule has 1 aliphatic rings. The van der Waals surface area contributed by atoms with Gasteiger partial charge in [-0.3, -0.25) is 4.79 Å². The van der Waals surface area contributed by atoms with E-state index in [4.69, 9.17) is 6.42 Å². The van der Waals surface area contributed by atoms with Gasteiger partial charge in [0.25, 0.3) is 0 Å². The van der Waals surface area contributed by atoms with Crippen LogP contribution in [0.4, 0.5) is 0 Å². The third kappa shape index (κ3) is 4.88. The fourth-order valence-corrected chi connectivity index (χ4v) is 2.12. The molecular formula is C13H21NO. The molecule has 1 N–H and O–H groups in total. The van der Waals surface area contributed by atoms with Gasteiger partial charge in [0.15, 0.2) is 0 Å². The number of carbonyl (C=O) groups is 1. The van der Waals surface area contributed by atoms with Crippen LogP contribution in [0.25, 0.3) is 0 Å². The highest BCUT2D eigenvalue weighted by Gasteiger charge is 2.18. The van der Waals surface area contributed by atoms with Crippen molar-refractivity contribution in [3.05, 3.63) is 0 Å². The van der Waals surface area contributed by atoms with Crippen LogP contribution in [0, 0.1) is 18.3 Å². The van der Waals surface area contributed by atoms with Crippen LogP contribution in [-0.4, -0.2) is 12.5 Å². The van der Waals surface area contributed by atoms with Gasteiger partial charge in [0, 0.05) is 18.9 Å². The van der Waals surface area contributed by atoms with E-state index >= 15 is 0 Å². The highest BCUT2D eigenvalue weighted by atomic mass is 16.1. The second-order valence-electron chi connectivity index (χ2n) is 4.29. The summed E-state index contributed by atoms with van der Waals surface area (Å²) in [5.74, 6) is 2.99. The number of nitrogens with one attached hydrogen (secondary N) is 1. The van der Waals surface area contributed by atoms with Crippen molar-refractivity contribution in [3.8, 4) is 12.3 Å². The molecule has 0 aromatic heterocycles. The highest BCUT2D eigenvalue weighted by Crippen LogP contribution is 2.22. The van der Waals surface area contributed by atoms with Gasteiger partial charge in [-0.15, -0.1) is 12.3 Å². The second-order valence-corrected chi connectivity index (χ2v) is 4.29. The van der Waals surface area contributed by atoms with Gasteiger partial charge in [-0.1, -0.05) is 32.1 Å². The minimum Gasteiger partial charge on any atom is -0.355 e. The minimum atomic E-state index is 0.215. The van der Waals surface area contributed by atoms with Crippen molar-refractivity contribution >= 4 is 5.91 Å². The summed E-state index contributed by atoms with van der Waals surface area (Å²) < 4.78 is 0. The van der Waals surface area contributed by atoms with Crippen LogP contribution < -0.4 is 5.32 Å². The molecule has 0 heterocycles. The maximum absolute atomic E-state index is 11.8. The molecule has 1 saturated carbocycles. The van der Waals surface area contributed by atoms with Crippen LogP contribution in [0.3, 0.4) is 0 Å². The monoisotopic (exact) mass is 207 g/mol. The van der Waals surface area contributed by atoms with Crippen LogP contribution in [0.15, 0.2) is 0 Å². The van der Waals surface area contributed by atoms with Crippen molar-refractivity contribution < 1.29 is 4.79 Å². The van der Waals surface area contributed by atoms with E-state index in [1.54, 1.807) is 0 Å². The van der Waals surface area contributed by atoms with Gasteiger partial charge < -0.3 is 5.32 Å². The normalized spacial score (nSPS) is 18.6. The maximum atomic E-state index is 11.8. The fourth-order valence-electron chi connectivity index (χ4n) is 2.12. The summed E-state index contributed by atoms with van der Waals surface area (Å²) in [4.78, 5) is 11.8. The Labute approximate surface area is 92.8 Å². The van der Waals surface area contributed by atoms with Crippen molar-refractivity contribution in [3.63, 3.8) is 0 Å². The molecule has 0 bridgehead atoms. The number of terminal acetylenes is 1. The molecule has 1 fully saturated rings. The summed E-state index contributed by atoms with van der Waals surface area (Å²) in [6.07, 6.45) is 14.2. The molecule has 0 radical (unpaired) electrons. The number of hydrogen-bond acceptors (Lipinski definition) is 1. The standard InChI is InChI=1S/C13H21NO/c1-2-3-11-14-13(15)12-9-7-5-4-6-8-10-12/h1,12H,3-11H2,(H,14,15). The lowest BCUT2D eigenvalue weighted by molar-refractivity contribution is -0.125. The minimum absolute atomic E-state index is 0.215. The fraction of sp³-hybridized carbons (Fsp3) is 0.769. The summed E-state index contributed by atoms with van der Waals surface area (Å²) in [7, 11) is 0. The maximum Gasteiger partial charge on any atom is 0.223 e. The molecule has 15 heavy (non-hydrogen) atoms. The van der Waals surface area contributed by atoms with Crippen molar-refractivity contribution in [1.29, 1.82) is 0 Å². The molecule has 0 spiro atoms. The molecule has 1 rings (SSSR count). The highest BCUT2D eigenvalue weighted by molar-refractivity contribution is 5.78. The van der Waals surface area contributed by atoms with Gasteiger partial charge in [-0.2, -0.15) is 0 Å². The molecule has 0 unspecified atom stereocenters. The molecule has 0 atom stereocenters. The van der Waals surface area contributed by atoms with Crippen molar-refractivity contribution in [2.45, 2.75) is 51.4 Å². The Hall–Kier alpha value is -0.970. The predicted octanol–water partition coefficient (Wildman–Crippen LogP) is 2.49. The number of amides is 1. The molecule has 84 valence electrons. The lowest BCUT2D eigenvalue weighted by Crippen LogP contribution is -2.31. The topological polar surface area (TPSA) is 29.1 Å². The lowest BCUT2D eigenvalue weighted by atomic mass is 9.90. The van der Waals surface area contributed by atoms with E-state index in [1.807, 2.05) is 0 Å². The van der Waals surface area contributed by atoms with Gasteiger partial charge in [0.1, 0.15) is 0 Å². The molecule has 0 aromatic rings. The molecule has 1 amide bonds. The van der Waals surface area contributed by atoms with Gasteiger partial charge >= 0.3 is 0 Å². The molecule has 1 aliphatic carbocycles.